The molecule has 0 rings (SSSR count). The summed E-state index contributed by atoms with van der Waals surface area (Å²) in [5.41, 5.74) is 10.9. The number of aliphatic hydroxyl groups is 1. The average Bonchev–Trinajstić information content (AvgIpc) is 2.80. The van der Waals surface area contributed by atoms with Crippen LogP contribution in [0.1, 0.15) is 52.9 Å². The zero-order valence-corrected chi connectivity index (χ0v) is 21.4. The van der Waals surface area contributed by atoms with Crippen LogP contribution in [0.5, 0.6) is 0 Å². The molecule has 11 N–H and O–H groups in total. The number of aliphatic carboxylic acids is 2. The molecule has 0 aliphatic carbocycles. The molecule has 0 aromatic heterocycles. The monoisotopic (exact) mass is 532 g/mol. The molecular weight excluding hydrogens is 492 g/mol. The molecule has 0 unspecified atom stereocenters. The van der Waals surface area contributed by atoms with E-state index in [4.69, 9.17) is 21.7 Å². The number of carboxylic acids is 2. The lowest BCUT2D eigenvalue weighted by Crippen LogP contribution is -2.58. The van der Waals surface area contributed by atoms with Crippen LogP contribution in [-0.4, -0.2) is 94.2 Å². The highest BCUT2D eigenvalue weighted by Gasteiger charge is 2.31. The van der Waals surface area contributed by atoms with Crippen molar-refractivity contribution in [3.63, 3.8) is 0 Å². The quantitative estimate of drug-likeness (QED) is 0.0803. The van der Waals surface area contributed by atoms with Gasteiger partial charge in [-0.15, -0.1) is 0 Å². The van der Waals surface area contributed by atoms with Crippen molar-refractivity contribution in [1.29, 1.82) is 0 Å². The number of aliphatic hydroxyl groups excluding tert-OH is 1. The Morgan fingerprint density at radius 1 is 0.757 bits per heavy atom. The summed E-state index contributed by atoms with van der Waals surface area (Å²) < 4.78 is 0. The van der Waals surface area contributed by atoms with Crippen molar-refractivity contribution in [2.75, 3.05) is 13.2 Å². The van der Waals surface area contributed by atoms with Crippen molar-refractivity contribution in [3.8, 4) is 0 Å². The van der Waals surface area contributed by atoms with Crippen LogP contribution in [0.15, 0.2) is 0 Å². The Balaban J connectivity index is 5.58. The molecule has 0 aromatic carbocycles. The molecule has 0 radical (unpaired) electrons. The molecular formula is C22H40N6O9. The maximum Gasteiger partial charge on any atom is 0.326 e. The van der Waals surface area contributed by atoms with Gasteiger partial charge < -0.3 is 48.1 Å². The van der Waals surface area contributed by atoms with Gasteiger partial charge in [0.2, 0.25) is 23.6 Å². The molecule has 0 fully saturated rings. The fraction of sp³-hybridized carbons (Fsp3) is 0.727. The molecule has 15 nitrogen and oxygen atoms in total. The first-order chi connectivity index (χ1) is 17.2. The molecule has 0 bridgehead atoms. The number of carboxylic acid groups (broad SMARTS) is 2. The van der Waals surface area contributed by atoms with Crippen LogP contribution >= 0.6 is 0 Å². The van der Waals surface area contributed by atoms with E-state index in [1.165, 1.54) is 6.92 Å². The SMILES string of the molecule is CC(C)C[C@H](NC(=O)[C@H](C)NC(=O)[C@@H](N)CO)C(=O)N[C@@H](CCCCN)C(=O)N[C@@H](CC(=O)O)C(=O)O. The second-order valence-corrected chi connectivity index (χ2v) is 9.05. The largest absolute Gasteiger partial charge is 0.481 e. The van der Waals surface area contributed by atoms with E-state index in [-0.39, 0.29) is 18.8 Å². The van der Waals surface area contributed by atoms with Crippen LogP contribution in [0, 0.1) is 5.92 Å². The van der Waals surface area contributed by atoms with Gasteiger partial charge in [-0.25, -0.2) is 4.79 Å². The second kappa shape index (κ2) is 17.2. The number of nitrogens with two attached hydrogens (primary N) is 2. The number of hydrogen-bond acceptors (Lipinski definition) is 9. The molecule has 4 amide bonds. The van der Waals surface area contributed by atoms with E-state index in [0.29, 0.717) is 19.4 Å². The Kier molecular flexibility index (Phi) is 15.7. The molecule has 212 valence electrons. The lowest BCUT2D eigenvalue weighted by Gasteiger charge is -2.26. The van der Waals surface area contributed by atoms with Gasteiger partial charge >= 0.3 is 11.9 Å². The van der Waals surface area contributed by atoms with Crippen LogP contribution < -0.4 is 32.7 Å². The summed E-state index contributed by atoms with van der Waals surface area (Å²) >= 11 is 0. The Morgan fingerprint density at radius 2 is 1.30 bits per heavy atom. The highest BCUT2D eigenvalue weighted by Crippen LogP contribution is 2.08. The Morgan fingerprint density at radius 3 is 1.78 bits per heavy atom. The summed E-state index contributed by atoms with van der Waals surface area (Å²) in [6.07, 6.45) is 0.307. The summed E-state index contributed by atoms with van der Waals surface area (Å²) in [7, 11) is 0. The molecule has 0 heterocycles. The van der Waals surface area contributed by atoms with Gasteiger partial charge in [0.05, 0.1) is 13.0 Å². The maximum atomic E-state index is 13.1. The predicted octanol–water partition coefficient (Wildman–Crippen LogP) is -3.00. The number of amides is 4. The molecule has 15 heteroatoms. The minimum absolute atomic E-state index is 0.0692. The lowest BCUT2D eigenvalue weighted by atomic mass is 10.0. The highest BCUT2D eigenvalue weighted by molar-refractivity contribution is 5.95. The molecule has 0 aliphatic heterocycles. The summed E-state index contributed by atoms with van der Waals surface area (Å²) in [5, 5.41) is 36.6. The van der Waals surface area contributed by atoms with Gasteiger partial charge in [-0.1, -0.05) is 13.8 Å². The smallest absolute Gasteiger partial charge is 0.326 e. The van der Waals surface area contributed by atoms with Gasteiger partial charge in [-0.2, -0.15) is 0 Å². The van der Waals surface area contributed by atoms with Crippen LogP contribution in [0.3, 0.4) is 0 Å². The zero-order valence-electron chi connectivity index (χ0n) is 21.4. The fourth-order valence-corrected chi connectivity index (χ4v) is 3.15. The van der Waals surface area contributed by atoms with Crippen molar-refractivity contribution < 1.29 is 44.1 Å². The first-order valence-electron chi connectivity index (χ1n) is 12.0. The van der Waals surface area contributed by atoms with Crippen LogP contribution in [0.4, 0.5) is 0 Å². The molecule has 0 aromatic rings. The predicted molar refractivity (Wildman–Crippen MR) is 131 cm³/mol. The Bertz CT molecular complexity index is 808. The van der Waals surface area contributed by atoms with Gasteiger partial charge in [0.15, 0.2) is 0 Å². The standard InChI is InChI=1S/C22H40N6O9/c1-11(2)8-15(27-18(32)12(3)25-19(33)13(24)10-29)21(35)26-14(6-4-5-7-23)20(34)28-16(22(36)37)9-17(30)31/h11-16,29H,4-10,23-24H2,1-3H3,(H,25,33)(H,26,35)(H,27,32)(H,28,34)(H,30,31)(H,36,37)/t12-,13-,14-,15-,16-/m0/s1. The van der Waals surface area contributed by atoms with E-state index in [2.05, 4.69) is 21.3 Å². The average molecular weight is 533 g/mol. The fourth-order valence-electron chi connectivity index (χ4n) is 3.15. The van der Waals surface area contributed by atoms with Crippen molar-refractivity contribution in [2.24, 2.45) is 17.4 Å². The van der Waals surface area contributed by atoms with Gasteiger partial charge in [0.1, 0.15) is 30.2 Å². The number of nitrogens with one attached hydrogen (secondary N) is 4. The van der Waals surface area contributed by atoms with E-state index in [9.17, 15) is 33.9 Å². The van der Waals surface area contributed by atoms with Gasteiger partial charge in [-0.05, 0) is 45.1 Å². The van der Waals surface area contributed by atoms with E-state index < -0.39 is 78.8 Å². The minimum atomic E-state index is -1.71. The number of rotatable bonds is 18. The van der Waals surface area contributed by atoms with Crippen LogP contribution in [0.25, 0.3) is 0 Å². The van der Waals surface area contributed by atoms with Gasteiger partial charge in [-0.3, -0.25) is 24.0 Å². The van der Waals surface area contributed by atoms with E-state index in [1.54, 1.807) is 13.8 Å². The number of carbonyl (C=O) groups is 6. The normalized spacial score (nSPS) is 15.0. The third kappa shape index (κ3) is 13.5. The molecule has 0 saturated carbocycles. The number of hydrogen-bond donors (Lipinski definition) is 9. The summed E-state index contributed by atoms with van der Waals surface area (Å²) in [4.78, 5) is 72.6. The van der Waals surface area contributed by atoms with E-state index in [0.717, 1.165) is 0 Å². The first kappa shape index (κ1) is 33.7. The van der Waals surface area contributed by atoms with Crippen molar-refractivity contribution >= 4 is 35.6 Å². The number of carbonyl (C=O) groups excluding carboxylic acids is 4. The molecule has 0 saturated heterocycles. The topological polar surface area (TPSA) is 263 Å². The van der Waals surface area contributed by atoms with Crippen LogP contribution in [0.2, 0.25) is 0 Å². The third-order valence-corrected chi connectivity index (χ3v) is 5.20. The van der Waals surface area contributed by atoms with Crippen molar-refractivity contribution in [1.82, 2.24) is 21.3 Å². The van der Waals surface area contributed by atoms with Crippen molar-refractivity contribution in [3.05, 3.63) is 0 Å². The maximum absolute atomic E-state index is 13.1. The first-order valence-corrected chi connectivity index (χ1v) is 12.0. The number of unbranched alkanes of at least 4 members (excludes halogenated alkanes) is 1. The Hall–Kier alpha value is -3.30. The lowest BCUT2D eigenvalue weighted by molar-refractivity contribution is -0.147. The third-order valence-electron chi connectivity index (χ3n) is 5.20. The van der Waals surface area contributed by atoms with E-state index in [1.807, 2.05) is 0 Å². The summed E-state index contributed by atoms with van der Waals surface area (Å²) in [6, 6.07) is -6.37. The van der Waals surface area contributed by atoms with Gasteiger partial charge in [0, 0.05) is 0 Å². The summed E-state index contributed by atoms with van der Waals surface area (Å²) in [6.45, 7) is 4.65. The summed E-state index contributed by atoms with van der Waals surface area (Å²) in [5.74, 6) is -6.16. The molecule has 0 aliphatic rings. The van der Waals surface area contributed by atoms with Gasteiger partial charge in [0.25, 0.3) is 0 Å². The van der Waals surface area contributed by atoms with Crippen molar-refractivity contribution in [2.45, 2.75) is 83.1 Å². The molecule has 37 heavy (non-hydrogen) atoms. The zero-order chi connectivity index (χ0) is 28.7. The highest BCUT2D eigenvalue weighted by atomic mass is 16.4. The molecule has 0 spiro atoms. The van der Waals surface area contributed by atoms with E-state index >= 15 is 0 Å². The Labute approximate surface area is 215 Å². The van der Waals surface area contributed by atoms with Crippen LogP contribution in [-0.2, 0) is 28.8 Å². The minimum Gasteiger partial charge on any atom is -0.481 e. The second-order valence-electron chi connectivity index (χ2n) is 9.05. The molecule has 5 atom stereocenters.